The average Bonchev–Trinajstić information content (AvgIpc) is 2.81. The predicted molar refractivity (Wildman–Crippen MR) is 72.4 cm³/mol. The molecule has 4 heteroatoms. The maximum Gasteiger partial charge on any atom is 0.352 e. The first-order valence-corrected chi connectivity index (χ1v) is 6.09. The highest BCUT2D eigenvalue weighted by Crippen LogP contribution is 2.18. The normalized spacial score (nSPS) is 14.8. The van der Waals surface area contributed by atoms with Gasteiger partial charge in [-0.15, -0.1) is 0 Å². The summed E-state index contributed by atoms with van der Waals surface area (Å²) in [5.74, 6) is 1.13. The third-order valence-electron chi connectivity index (χ3n) is 3.04. The molecule has 1 heterocycles. The van der Waals surface area contributed by atoms with E-state index >= 15 is 0 Å². The Hall–Kier alpha value is -1.71. The molecule has 17 heavy (non-hydrogen) atoms. The molecular weight excluding hydrogens is 212 g/mol. The Morgan fingerprint density at radius 2 is 1.88 bits per heavy atom. The fourth-order valence-electron chi connectivity index (χ4n) is 2.13. The van der Waals surface area contributed by atoms with Gasteiger partial charge in [0.1, 0.15) is 5.69 Å². The number of nitrogens with zero attached hydrogens (tertiary/aromatic N) is 2. The van der Waals surface area contributed by atoms with Crippen molar-refractivity contribution in [3.8, 4) is 0 Å². The first kappa shape index (κ1) is 11.8. The number of hydrogen-bond donors (Lipinski definition) is 2. The van der Waals surface area contributed by atoms with Crippen molar-refractivity contribution in [3.05, 3.63) is 24.3 Å². The van der Waals surface area contributed by atoms with E-state index in [2.05, 4.69) is 28.9 Å². The summed E-state index contributed by atoms with van der Waals surface area (Å²) in [5.41, 5.74) is 7.71. The molecule has 0 unspecified atom stereocenters. The Kier molecular flexibility index (Phi) is 3.52. The average molecular weight is 233 g/mol. The van der Waals surface area contributed by atoms with E-state index in [4.69, 9.17) is 5.73 Å². The van der Waals surface area contributed by atoms with Crippen LogP contribution in [0.1, 0.15) is 12.8 Å². The lowest BCUT2D eigenvalue weighted by atomic mass is 10.3. The summed E-state index contributed by atoms with van der Waals surface area (Å²) in [6, 6.07) is 7.87. The molecule has 0 aliphatic carbocycles. The summed E-state index contributed by atoms with van der Waals surface area (Å²) in [6.45, 7) is 2.24. The molecule has 3 N–H and O–H groups in total. The van der Waals surface area contributed by atoms with E-state index in [1.807, 2.05) is 24.3 Å². The summed E-state index contributed by atoms with van der Waals surface area (Å²) < 4.78 is 2.11. The number of rotatable bonds is 1. The number of nitrogens with two attached hydrogens (primary N) is 1. The fourth-order valence-corrected chi connectivity index (χ4v) is 2.13. The molecule has 1 saturated heterocycles. The second kappa shape index (κ2) is 5.08. The number of hydrogen-bond acceptors (Lipinski definition) is 1. The first-order valence-electron chi connectivity index (χ1n) is 6.09. The Balaban J connectivity index is 2.19. The molecule has 0 spiro atoms. The molecule has 1 aromatic rings. The van der Waals surface area contributed by atoms with Gasteiger partial charge in [-0.1, -0.05) is 12.1 Å². The summed E-state index contributed by atoms with van der Waals surface area (Å²) >= 11 is 0. The first-order chi connectivity index (χ1) is 8.18. The molecule has 2 rings (SSSR count). The zero-order valence-electron chi connectivity index (χ0n) is 10.6. The van der Waals surface area contributed by atoms with Crippen LogP contribution < -0.4 is 11.1 Å². The Labute approximate surface area is 103 Å². The maximum absolute atomic E-state index is 5.95. The van der Waals surface area contributed by atoms with Crippen molar-refractivity contribution in [2.75, 3.05) is 38.2 Å². The van der Waals surface area contributed by atoms with Crippen LogP contribution in [0.15, 0.2) is 24.3 Å². The van der Waals surface area contributed by atoms with Gasteiger partial charge in [-0.25, -0.2) is 5.32 Å². The SMILES string of the molecule is C[N+](C)=C(Nc1ccccc1N)N1CCCC1. The minimum atomic E-state index is 0.783. The van der Waals surface area contributed by atoms with Crippen LogP contribution in [0, 0.1) is 0 Å². The van der Waals surface area contributed by atoms with Gasteiger partial charge in [0.2, 0.25) is 0 Å². The van der Waals surface area contributed by atoms with Gasteiger partial charge in [0, 0.05) is 0 Å². The highest BCUT2D eigenvalue weighted by molar-refractivity contribution is 5.93. The molecule has 0 aromatic heterocycles. The van der Waals surface area contributed by atoms with E-state index < -0.39 is 0 Å². The van der Waals surface area contributed by atoms with Crippen LogP contribution >= 0.6 is 0 Å². The van der Waals surface area contributed by atoms with E-state index in [-0.39, 0.29) is 0 Å². The zero-order valence-corrected chi connectivity index (χ0v) is 10.6. The van der Waals surface area contributed by atoms with Crippen molar-refractivity contribution in [3.63, 3.8) is 0 Å². The molecule has 4 nitrogen and oxygen atoms in total. The molecule has 0 saturated carbocycles. The number of anilines is 2. The smallest absolute Gasteiger partial charge is 0.352 e. The van der Waals surface area contributed by atoms with E-state index in [1.165, 1.54) is 12.8 Å². The van der Waals surface area contributed by atoms with Crippen LogP contribution in [0.5, 0.6) is 0 Å². The summed E-state index contributed by atoms with van der Waals surface area (Å²) in [6.07, 6.45) is 2.53. The summed E-state index contributed by atoms with van der Waals surface area (Å²) in [5, 5.41) is 3.43. The Bertz CT molecular complexity index is 415. The van der Waals surface area contributed by atoms with Gasteiger partial charge in [0.25, 0.3) is 0 Å². The van der Waals surface area contributed by atoms with Crippen LogP contribution in [0.3, 0.4) is 0 Å². The number of nitrogens with one attached hydrogen (secondary N) is 1. The monoisotopic (exact) mass is 233 g/mol. The molecule has 0 bridgehead atoms. The van der Waals surface area contributed by atoms with Crippen LogP contribution in [0.2, 0.25) is 0 Å². The topological polar surface area (TPSA) is 44.3 Å². The quantitative estimate of drug-likeness (QED) is 0.333. The van der Waals surface area contributed by atoms with E-state index in [0.717, 1.165) is 30.4 Å². The van der Waals surface area contributed by atoms with E-state index in [9.17, 15) is 0 Å². The molecule has 1 aliphatic rings. The Morgan fingerprint density at radius 1 is 1.24 bits per heavy atom. The predicted octanol–water partition coefficient (Wildman–Crippen LogP) is 1.40. The standard InChI is InChI=1S/C13H20N4/c1-16(2)13(17-9-5-6-10-17)15-12-8-4-3-7-11(12)14/h3-4,7-8H,5-6,9-10,14H2,1-2H3/p+1. The minimum Gasteiger partial charge on any atom is -0.396 e. The van der Waals surface area contributed by atoms with E-state index in [0.29, 0.717) is 0 Å². The number of likely N-dealkylation sites (tertiary alicyclic amines) is 1. The van der Waals surface area contributed by atoms with Crippen molar-refractivity contribution in [1.82, 2.24) is 4.90 Å². The fraction of sp³-hybridized carbons (Fsp3) is 0.462. The van der Waals surface area contributed by atoms with Gasteiger partial charge in [-0.05, 0) is 25.0 Å². The number of guanidine groups is 1. The third-order valence-corrected chi connectivity index (χ3v) is 3.04. The van der Waals surface area contributed by atoms with Gasteiger partial charge in [0.05, 0.1) is 32.9 Å². The largest absolute Gasteiger partial charge is 0.396 e. The van der Waals surface area contributed by atoms with Gasteiger partial charge in [-0.3, -0.25) is 9.48 Å². The van der Waals surface area contributed by atoms with Gasteiger partial charge >= 0.3 is 5.96 Å². The van der Waals surface area contributed by atoms with Crippen molar-refractivity contribution in [2.45, 2.75) is 12.8 Å². The van der Waals surface area contributed by atoms with Crippen LogP contribution in [0.4, 0.5) is 11.4 Å². The zero-order chi connectivity index (χ0) is 12.3. The number of nitrogen functional groups attached to an aromatic ring is 1. The molecule has 0 atom stereocenters. The number of benzene rings is 1. The van der Waals surface area contributed by atoms with Crippen LogP contribution in [-0.4, -0.2) is 42.6 Å². The molecule has 1 aliphatic heterocycles. The Morgan fingerprint density at radius 3 is 2.47 bits per heavy atom. The van der Waals surface area contributed by atoms with Gasteiger partial charge in [-0.2, -0.15) is 0 Å². The summed E-state index contributed by atoms with van der Waals surface area (Å²) in [7, 11) is 4.11. The minimum absolute atomic E-state index is 0.783. The highest BCUT2D eigenvalue weighted by atomic mass is 15.3. The number of para-hydroxylation sites is 2. The molecule has 1 fully saturated rings. The lowest BCUT2D eigenvalue weighted by Crippen LogP contribution is -2.39. The van der Waals surface area contributed by atoms with Crippen molar-refractivity contribution >= 4 is 17.3 Å². The van der Waals surface area contributed by atoms with Crippen LogP contribution in [0.25, 0.3) is 0 Å². The lowest BCUT2D eigenvalue weighted by molar-refractivity contribution is -0.470. The second-order valence-electron chi connectivity index (χ2n) is 4.62. The molecule has 0 radical (unpaired) electrons. The van der Waals surface area contributed by atoms with Crippen LogP contribution in [-0.2, 0) is 0 Å². The maximum atomic E-state index is 5.95. The molecule has 1 aromatic carbocycles. The van der Waals surface area contributed by atoms with Gasteiger partial charge in [0.15, 0.2) is 0 Å². The summed E-state index contributed by atoms with van der Waals surface area (Å²) in [4.78, 5) is 2.37. The third kappa shape index (κ3) is 2.70. The second-order valence-corrected chi connectivity index (χ2v) is 4.62. The lowest BCUT2D eigenvalue weighted by Gasteiger charge is -2.16. The van der Waals surface area contributed by atoms with Crippen molar-refractivity contribution in [1.29, 1.82) is 0 Å². The van der Waals surface area contributed by atoms with Crippen molar-refractivity contribution < 1.29 is 4.58 Å². The van der Waals surface area contributed by atoms with Gasteiger partial charge < -0.3 is 5.73 Å². The molecular formula is C13H21N4+. The molecule has 0 amide bonds. The highest BCUT2D eigenvalue weighted by Gasteiger charge is 2.24. The van der Waals surface area contributed by atoms with E-state index in [1.54, 1.807) is 0 Å². The molecule has 92 valence electrons. The van der Waals surface area contributed by atoms with Crippen molar-refractivity contribution in [2.24, 2.45) is 0 Å².